The molecule has 1 fully saturated rings. The number of aromatic nitrogens is 3. The van der Waals surface area contributed by atoms with Gasteiger partial charge in [0, 0.05) is 67.9 Å². The Hall–Kier alpha value is -5.18. The highest BCUT2D eigenvalue weighted by atomic mass is 19.4. The van der Waals surface area contributed by atoms with Gasteiger partial charge in [-0.15, -0.1) is 0 Å². The second-order valence-electron chi connectivity index (χ2n) is 12.4. The van der Waals surface area contributed by atoms with E-state index in [-0.39, 0.29) is 66.0 Å². The van der Waals surface area contributed by atoms with Gasteiger partial charge in [-0.1, -0.05) is 12.1 Å². The zero-order valence-electron chi connectivity index (χ0n) is 26.5. The number of ether oxygens (including phenoxy) is 1. The van der Waals surface area contributed by atoms with E-state index in [0.717, 1.165) is 24.3 Å². The van der Waals surface area contributed by atoms with Gasteiger partial charge in [0.1, 0.15) is 28.7 Å². The first-order valence-corrected chi connectivity index (χ1v) is 15.6. The van der Waals surface area contributed by atoms with Crippen molar-refractivity contribution in [1.29, 1.82) is 0 Å². The van der Waals surface area contributed by atoms with Crippen LogP contribution in [0.25, 0.3) is 27.7 Å². The number of anilines is 1. The maximum atomic E-state index is 15.2. The van der Waals surface area contributed by atoms with E-state index in [2.05, 4.69) is 15.6 Å². The van der Waals surface area contributed by atoms with Gasteiger partial charge >= 0.3 is 6.18 Å². The fourth-order valence-electron chi connectivity index (χ4n) is 6.55. The molecular weight excluding hydrogens is 671 g/mol. The smallest absolute Gasteiger partial charge is 0.417 e. The summed E-state index contributed by atoms with van der Waals surface area (Å²) in [7, 11) is 1.61. The lowest BCUT2D eigenvalue weighted by Crippen LogP contribution is -2.48. The molecule has 0 atom stereocenters. The molecule has 3 aromatic heterocycles. The molecule has 2 N–H and O–H groups in total. The molecule has 2 aromatic carbocycles. The summed E-state index contributed by atoms with van der Waals surface area (Å²) in [5, 5.41) is 4.89. The predicted octanol–water partition coefficient (Wildman–Crippen LogP) is 7.15. The van der Waals surface area contributed by atoms with E-state index in [1.807, 2.05) is 0 Å². The topological polar surface area (TPSA) is 89.7 Å². The van der Waals surface area contributed by atoms with Crippen LogP contribution in [-0.2, 0) is 24.4 Å². The summed E-state index contributed by atoms with van der Waals surface area (Å²) in [5.74, 6) is -6.45. The fraction of sp³-hybridized carbons (Fsp3) is 0.286. The number of alkyl halides is 5. The summed E-state index contributed by atoms with van der Waals surface area (Å²) >= 11 is 0. The first-order valence-electron chi connectivity index (χ1n) is 15.6. The van der Waals surface area contributed by atoms with Crippen molar-refractivity contribution >= 4 is 33.9 Å². The van der Waals surface area contributed by atoms with Crippen LogP contribution in [0.5, 0.6) is 5.75 Å². The molecule has 15 heteroatoms. The van der Waals surface area contributed by atoms with E-state index < -0.39 is 58.3 Å². The normalized spacial score (nSPS) is 15.9. The molecule has 0 spiro atoms. The molecule has 8 nitrogen and oxygen atoms in total. The van der Waals surface area contributed by atoms with Crippen LogP contribution in [0.4, 0.5) is 36.4 Å². The molecule has 1 saturated carbocycles. The van der Waals surface area contributed by atoms with E-state index in [1.54, 1.807) is 18.5 Å². The van der Waals surface area contributed by atoms with Gasteiger partial charge in [0.05, 0.1) is 28.9 Å². The first-order chi connectivity index (χ1) is 23.6. The van der Waals surface area contributed by atoms with E-state index in [0.29, 0.717) is 16.9 Å². The second kappa shape index (κ2) is 12.0. The summed E-state index contributed by atoms with van der Waals surface area (Å²) < 4.78 is 109. The minimum absolute atomic E-state index is 0.0396. The number of hydrogen-bond donors (Lipinski definition) is 2. The van der Waals surface area contributed by atoms with Gasteiger partial charge in [0.15, 0.2) is 5.75 Å². The Morgan fingerprint density at radius 3 is 2.52 bits per heavy atom. The molecule has 1 aliphatic heterocycles. The number of carbonyl (C=O) groups is 2. The first kappa shape index (κ1) is 33.3. The molecule has 0 bridgehead atoms. The standard InChI is InChI=1S/C35H28F7N5O3/c1-17-44-30-25(46(17)2)14-22(35(40,41)42)28-21-5-4-9-47-26(13-18(31(21)47)7-10-50-33(28)30)32(49)19-11-23(36)29(24(37)12-19)45-27(48)6-3-8-43-20-15-34(38,39)16-20/h3-6,9,11-14,20,43H,7-8,10,15-16H2,1-2H3,(H,45,48)/b6-3+. The van der Waals surface area contributed by atoms with Crippen LogP contribution in [0.1, 0.15) is 45.8 Å². The molecule has 260 valence electrons. The lowest BCUT2D eigenvalue weighted by molar-refractivity contribution is -0.137. The number of hydrogen-bond acceptors (Lipinski definition) is 5. The van der Waals surface area contributed by atoms with Crippen LogP contribution in [0.2, 0.25) is 0 Å². The molecule has 0 unspecified atom stereocenters. The summed E-state index contributed by atoms with van der Waals surface area (Å²) in [6, 6.07) is 6.55. The van der Waals surface area contributed by atoms with Gasteiger partial charge in [0.2, 0.25) is 11.7 Å². The monoisotopic (exact) mass is 699 g/mol. The summed E-state index contributed by atoms with van der Waals surface area (Å²) in [6.45, 7) is 1.71. The van der Waals surface area contributed by atoms with Gasteiger partial charge in [-0.05, 0) is 42.8 Å². The van der Waals surface area contributed by atoms with Crippen LogP contribution in [0.3, 0.4) is 0 Å². The molecular formula is C35H28F7N5O3. The number of carbonyl (C=O) groups excluding carboxylic acids is 2. The molecule has 0 radical (unpaired) electrons. The zero-order valence-corrected chi connectivity index (χ0v) is 26.5. The van der Waals surface area contributed by atoms with Crippen molar-refractivity contribution in [3.05, 3.63) is 94.6 Å². The number of nitrogens with one attached hydrogen (secondary N) is 2. The molecule has 5 aromatic rings. The average Bonchev–Trinajstić information content (AvgIpc) is 3.54. The molecule has 50 heavy (non-hydrogen) atoms. The Labute approximate surface area is 279 Å². The maximum absolute atomic E-state index is 15.2. The third-order valence-corrected chi connectivity index (χ3v) is 9.09. The SMILES string of the molecule is Cc1nc2c3c(c(C(F)(F)F)cc2n1C)-c1cccn2c(C(=O)c4cc(F)c(NC(=O)/C=C/CNC5CC(F)(F)C5)c(F)c4)cc(c12)CCO3. The second-order valence-corrected chi connectivity index (χ2v) is 12.4. The van der Waals surface area contributed by atoms with E-state index in [1.165, 1.54) is 34.9 Å². The molecule has 4 heterocycles. The van der Waals surface area contributed by atoms with Crippen LogP contribution in [0, 0.1) is 18.6 Å². The summed E-state index contributed by atoms with van der Waals surface area (Å²) in [4.78, 5) is 30.6. The number of nitrogens with zero attached hydrogens (tertiary/aromatic N) is 3. The van der Waals surface area contributed by atoms with Crippen molar-refractivity contribution in [2.75, 3.05) is 18.5 Å². The van der Waals surface area contributed by atoms with Crippen LogP contribution in [0.15, 0.2) is 54.7 Å². The Bertz CT molecular complexity index is 2220. The molecule has 7 rings (SSSR count). The quantitative estimate of drug-likeness (QED) is 0.107. The summed E-state index contributed by atoms with van der Waals surface area (Å²) in [6.07, 6.45) is -1.42. The molecule has 2 aliphatic rings. The maximum Gasteiger partial charge on any atom is 0.417 e. The van der Waals surface area contributed by atoms with Crippen molar-refractivity contribution in [2.24, 2.45) is 7.05 Å². The highest BCUT2D eigenvalue weighted by Gasteiger charge is 2.44. The van der Waals surface area contributed by atoms with Crippen LogP contribution in [-0.4, -0.2) is 50.8 Å². The van der Waals surface area contributed by atoms with Gasteiger partial charge in [-0.2, -0.15) is 13.2 Å². The van der Waals surface area contributed by atoms with Gasteiger partial charge in [0.25, 0.3) is 5.92 Å². The lowest BCUT2D eigenvalue weighted by atomic mass is 9.88. The number of rotatable bonds is 7. The van der Waals surface area contributed by atoms with Crippen LogP contribution < -0.4 is 15.4 Å². The number of aryl methyl sites for hydroxylation is 2. The largest absolute Gasteiger partial charge is 0.490 e. The third-order valence-electron chi connectivity index (χ3n) is 9.09. The minimum Gasteiger partial charge on any atom is -0.490 e. The number of fused-ring (bicyclic) bond motifs is 4. The lowest BCUT2D eigenvalue weighted by Gasteiger charge is -2.35. The predicted molar refractivity (Wildman–Crippen MR) is 170 cm³/mol. The molecule has 1 amide bonds. The third kappa shape index (κ3) is 5.78. The van der Waals surface area contributed by atoms with E-state index in [9.17, 15) is 31.5 Å². The Morgan fingerprint density at radius 1 is 1.12 bits per heavy atom. The zero-order chi connectivity index (χ0) is 35.7. The van der Waals surface area contributed by atoms with Crippen LogP contribution >= 0.6 is 0 Å². The van der Waals surface area contributed by atoms with E-state index in [4.69, 9.17) is 4.74 Å². The van der Waals surface area contributed by atoms with Crippen molar-refractivity contribution in [3.63, 3.8) is 0 Å². The van der Waals surface area contributed by atoms with Gasteiger partial charge in [-0.25, -0.2) is 22.5 Å². The minimum atomic E-state index is -4.79. The van der Waals surface area contributed by atoms with Crippen molar-refractivity contribution in [2.45, 2.75) is 44.3 Å². The van der Waals surface area contributed by atoms with Gasteiger partial charge in [-0.3, -0.25) is 9.59 Å². The Kier molecular flexibility index (Phi) is 8.00. The number of benzene rings is 2. The Balaban J connectivity index is 1.21. The highest BCUT2D eigenvalue weighted by molar-refractivity contribution is 6.10. The Morgan fingerprint density at radius 2 is 1.84 bits per heavy atom. The number of halogens is 7. The number of ketones is 1. The highest BCUT2D eigenvalue weighted by Crippen LogP contribution is 2.49. The van der Waals surface area contributed by atoms with Crippen molar-refractivity contribution in [1.82, 2.24) is 19.3 Å². The molecule has 1 aliphatic carbocycles. The average molecular weight is 700 g/mol. The van der Waals surface area contributed by atoms with Gasteiger partial charge < -0.3 is 24.3 Å². The number of pyridine rings is 1. The number of imidazole rings is 1. The summed E-state index contributed by atoms with van der Waals surface area (Å²) in [5.41, 5.74) is -1.03. The van der Waals surface area contributed by atoms with Crippen molar-refractivity contribution < 1.29 is 45.1 Å². The van der Waals surface area contributed by atoms with E-state index >= 15 is 8.78 Å². The molecule has 0 saturated heterocycles. The number of amides is 1. The fourth-order valence-corrected chi connectivity index (χ4v) is 6.55. The van der Waals surface area contributed by atoms with Crippen molar-refractivity contribution in [3.8, 4) is 16.9 Å².